The molecule has 4 saturated carbocycles. The van der Waals surface area contributed by atoms with E-state index in [1.807, 2.05) is 6.07 Å². The lowest BCUT2D eigenvalue weighted by Gasteiger charge is -2.56. The Hall–Kier alpha value is -0.870. The van der Waals surface area contributed by atoms with Gasteiger partial charge in [-0.15, -0.1) is 0 Å². The maximum atomic E-state index is 12.6. The van der Waals surface area contributed by atoms with Crippen molar-refractivity contribution in [1.82, 2.24) is 4.72 Å². The van der Waals surface area contributed by atoms with Gasteiger partial charge in [0.05, 0.1) is 4.90 Å². The van der Waals surface area contributed by atoms with Crippen LogP contribution in [0.15, 0.2) is 35.2 Å². The average Bonchev–Trinajstić information content (AvgIpc) is 2.46. The fourth-order valence-corrected chi connectivity index (χ4v) is 7.07. The first-order valence-corrected chi connectivity index (χ1v) is 10.1. The van der Waals surface area contributed by atoms with Crippen LogP contribution in [0.2, 0.25) is 0 Å². The van der Waals surface area contributed by atoms with Crippen molar-refractivity contribution in [2.45, 2.75) is 50.0 Å². The van der Waals surface area contributed by atoms with Crippen LogP contribution in [-0.4, -0.2) is 14.5 Å². The lowest BCUT2D eigenvalue weighted by Crippen LogP contribution is -2.52. The first-order chi connectivity index (χ1) is 10.5. The first kappa shape index (κ1) is 14.7. The van der Waals surface area contributed by atoms with E-state index < -0.39 is 10.0 Å². The maximum absolute atomic E-state index is 12.6. The summed E-state index contributed by atoms with van der Waals surface area (Å²) >= 11 is 0. The Bertz CT molecular complexity index is 612. The monoisotopic (exact) mass is 319 g/mol. The minimum atomic E-state index is -3.39. The van der Waals surface area contributed by atoms with Crippen molar-refractivity contribution in [1.29, 1.82) is 0 Å². The lowest BCUT2D eigenvalue weighted by molar-refractivity contribution is -0.0463. The van der Waals surface area contributed by atoms with E-state index in [0.717, 1.165) is 23.7 Å². The van der Waals surface area contributed by atoms with E-state index in [1.54, 1.807) is 24.3 Å². The molecule has 5 rings (SSSR count). The Balaban J connectivity index is 1.52. The van der Waals surface area contributed by atoms with E-state index in [0.29, 0.717) is 10.8 Å². The quantitative estimate of drug-likeness (QED) is 0.924. The molecule has 1 aromatic rings. The molecular weight excluding hydrogens is 294 g/mol. The van der Waals surface area contributed by atoms with E-state index in [1.165, 1.54) is 32.1 Å². The van der Waals surface area contributed by atoms with Crippen LogP contribution in [0.3, 0.4) is 0 Å². The van der Waals surface area contributed by atoms with Crippen LogP contribution in [0.25, 0.3) is 0 Å². The highest BCUT2D eigenvalue weighted by Gasteiger charge is 2.50. The predicted molar refractivity (Wildman–Crippen MR) is 86.8 cm³/mol. The van der Waals surface area contributed by atoms with Crippen molar-refractivity contribution >= 4 is 10.0 Å². The smallest absolute Gasteiger partial charge is 0.208 e. The summed E-state index contributed by atoms with van der Waals surface area (Å²) in [7, 11) is -3.39. The van der Waals surface area contributed by atoms with E-state index in [4.69, 9.17) is 0 Å². The zero-order valence-corrected chi connectivity index (χ0v) is 13.9. The fraction of sp³-hybridized carbons (Fsp3) is 0.667. The van der Waals surface area contributed by atoms with Gasteiger partial charge in [-0.1, -0.05) is 18.2 Å². The molecule has 0 saturated heterocycles. The minimum Gasteiger partial charge on any atom is -0.208 e. The van der Waals surface area contributed by atoms with Crippen molar-refractivity contribution in [2.24, 2.45) is 29.6 Å². The number of benzene rings is 1. The molecule has 0 aliphatic heterocycles. The number of nitrogens with one attached hydrogen (secondary N) is 1. The number of hydrogen-bond acceptors (Lipinski definition) is 2. The zero-order chi connectivity index (χ0) is 15.3. The molecule has 4 heteroatoms. The van der Waals surface area contributed by atoms with Crippen molar-refractivity contribution < 1.29 is 8.42 Å². The molecule has 120 valence electrons. The number of rotatable bonds is 4. The highest BCUT2D eigenvalue weighted by Crippen LogP contribution is 2.57. The fourth-order valence-electron chi connectivity index (χ4n) is 5.77. The lowest BCUT2D eigenvalue weighted by atomic mass is 9.51. The standard InChI is InChI=1S/C18H25NO2S/c1-12(19-22(20,21)17-5-3-2-4-6-17)18-15-8-13-7-14(10-15)11-16(18)9-13/h2-6,12-16,18-19H,7-11H2,1H3/t12-,13?,14?,15?,16?,18?/m0/s1. The van der Waals surface area contributed by atoms with Crippen molar-refractivity contribution in [3.05, 3.63) is 30.3 Å². The van der Waals surface area contributed by atoms with Gasteiger partial charge in [0.25, 0.3) is 0 Å². The molecule has 1 aromatic carbocycles. The third-order valence-electron chi connectivity index (χ3n) is 6.27. The van der Waals surface area contributed by atoms with E-state index >= 15 is 0 Å². The second-order valence-electron chi connectivity index (χ2n) is 7.73. The Morgan fingerprint density at radius 2 is 1.50 bits per heavy atom. The van der Waals surface area contributed by atoms with Gasteiger partial charge in [-0.3, -0.25) is 0 Å². The molecule has 3 nitrogen and oxygen atoms in total. The summed E-state index contributed by atoms with van der Waals surface area (Å²) in [6.07, 6.45) is 6.75. The summed E-state index contributed by atoms with van der Waals surface area (Å²) in [6, 6.07) is 8.79. The highest BCUT2D eigenvalue weighted by atomic mass is 32.2. The zero-order valence-electron chi connectivity index (χ0n) is 13.1. The normalized spacial score (nSPS) is 38.1. The van der Waals surface area contributed by atoms with Crippen LogP contribution in [0.4, 0.5) is 0 Å². The van der Waals surface area contributed by atoms with Gasteiger partial charge >= 0.3 is 0 Å². The van der Waals surface area contributed by atoms with Gasteiger partial charge < -0.3 is 0 Å². The molecular formula is C18H25NO2S. The molecule has 0 spiro atoms. The average molecular weight is 319 g/mol. The molecule has 0 amide bonds. The molecule has 22 heavy (non-hydrogen) atoms. The Labute approximate surface area is 133 Å². The third kappa shape index (κ3) is 2.50. The molecule has 0 aromatic heterocycles. The van der Waals surface area contributed by atoms with E-state index in [9.17, 15) is 8.42 Å². The van der Waals surface area contributed by atoms with E-state index in [2.05, 4.69) is 11.6 Å². The molecule has 4 aliphatic rings. The molecule has 1 N–H and O–H groups in total. The van der Waals surface area contributed by atoms with Crippen molar-refractivity contribution in [2.75, 3.05) is 0 Å². The van der Waals surface area contributed by atoms with Gasteiger partial charge in [0, 0.05) is 6.04 Å². The van der Waals surface area contributed by atoms with Crippen molar-refractivity contribution in [3.8, 4) is 0 Å². The largest absolute Gasteiger partial charge is 0.240 e. The van der Waals surface area contributed by atoms with Gasteiger partial charge in [0.2, 0.25) is 10.0 Å². The summed E-state index contributed by atoms with van der Waals surface area (Å²) in [5.74, 6) is 3.87. The second-order valence-corrected chi connectivity index (χ2v) is 9.45. The molecule has 0 unspecified atom stereocenters. The van der Waals surface area contributed by atoms with Gasteiger partial charge in [-0.25, -0.2) is 13.1 Å². The summed E-state index contributed by atoms with van der Waals surface area (Å²) in [6.45, 7) is 2.08. The third-order valence-corrected chi connectivity index (χ3v) is 7.85. The molecule has 4 fully saturated rings. The maximum Gasteiger partial charge on any atom is 0.240 e. The van der Waals surface area contributed by atoms with E-state index in [-0.39, 0.29) is 6.04 Å². The summed E-state index contributed by atoms with van der Waals surface area (Å²) in [5, 5.41) is 0. The second kappa shape index (κ2) is 5.34. The van der Waals surface area contributed by atoms with Gasteiger partial charge in [-0.2, -0.15) is 0 Å². The van der Waals surface area contributed by atoms with Crippen LogP contribution >= 0.6 is 0 Å². The number of hydrogen-bond donors (Lipinski definition) is 1. The van der Waals surface area contributed by atoms with Crippen molar-refractivity contribution in [3.63, 3.8) is 0 Å². The van der Waals surface area contributed by atoms with Gasteiger partial charge in [0.15, 0.2) is 0 Å². The Morgan fingerprint density at radius 1 is 0.955 bits per heavy atom. The van der Waals surface area contributed by atoms with Crippen LogP contribution < -0.4 is 4.72 Å². The minimum absolute atomic E-state index is 0.0419. The van der Waals surface area contributed by atoms with Gasteiger partial charge in [0.1, 0.15) is 0 Å². The molecule has 4 aliphatic carbocycles. The molecule has 1 atom stereocenters. The Kier molecular flexibility index (Phi) is 3.57. The highest BCUT2D eigenvalue weighted by molar-refractivity contribution is 7.89. The topological polar surface area (TPSA) is 46.2 Å². The SMILES string of the molecule is C[C@H](NS(=O)(=O)c1ccccc1)C1C2CC3CC(C2)CC1C3. The summed E-state index contributed by atoms with van der Waals surface area (Å²) in [5.41, 5.74) is 0. The van der Waals surface area contributed by atoms with Crippen LogP contribution in [0.5, 0.6) is 0 Å². The van der Waals surface area contributed by atoms with Gasteiger partial charge in [-0.05, 0) is 80.8 Å². The summed E-state index contributed by atoms with van der Waals surface area (Å²) in [4.78, 5) is 0.380. The number of sulfonamides is 1. The molecule has 0 radical (unpaired) electrons. The van der Waals surface area contributed by atoms with Crippen LogP contribution in [0.1, 0.15) is 39.0 Å². The molecule has 4 bridgehead atoms. The Morgan fingerprint density at radius 3 is 2.05 bits per heavy atom. The summed E-state index contributed by atoms with van der Waals surface area (Å²) < 4.78 is 28.1. The first-order valence-electron chi connectivity index (χ1n) is 8.60. The van der Waals surface area contributed by atoms with Crippen LogP contribution in [0, 0.1) is 29.6 Å². The van der Waals surface area contributed by atoms with Crippen LogP contribution in [-0.2, 0) is 10.0 Å². The predicted octanol–water partition coefficient (Wildman–Crippen LogP) is 3.43. The molecule has 0 heterocycles.